The lowest BCUT2D eigenvalue weighted by atomic mass is 9.92. The molecule has 20 heavy (non-hydrogen) atoms. The predicted octanol–water partition coefficient (Wildman–Crippen LogP) is 0.111. The summed E-state index contributed by atoms with van der Waals surface area (Å²) >= 11 is 0. The molecule has 0 aromatic heterocycles. The Kier molecular flexibility index (Phi) is 4.75. The van der Waals surface area contributed by atoms with Gasteiger partial charge in [0.25, 0.3) is 0 Å². The molecule has 112 valence electrons. The van der Waals surface area contributed by atoms with E-state index in [2.05, 4.69) is 6.92 Å². The van der Waals surface area contributed by atoms with Crippen LogP contribution in [0, 0.1) is 5.92 Å². The lowest BCUT2D eigenvalue weighted by molar-refractivity contribution is -0.140. The molecule has 0 spiro atoms. The summed E-state index contributed by atoms with van der Waals surface area (Å²) in [5.74, 6) is 0.269. The molecule has 0 aliphatic carbocycles. The number of nitrogens with zero attached hydrogens (tertiary/aromatic N) is 2. The molecule has 6 nitrogen and oxygen atoms in total. The molecule has 2 N–H and O–H groups in total. The van der Waals surface area contributed by atoms with Gasteiger partial charge in [-0.2, -0.15) is 0 Å². The Bertz CT molecular complexity index is 394. The number of amides is 3. The third-order valence-electron chi connectivity index (χ3n) is 4.27. The van der Waals surface area contributed by atoms with Gasteiger partial charge in [0.15, 0.2) is 0 Å². The molecule has 2 atom stereocenters. The second-order valence-corrected chi connectivity index (χ2v) is 5.80. The van der Waals surface area contributed by atoms with Gasteiger partial charge in [-0.15, -0.1) is 0 Å². The molecule has 0 aromatic carbocycles. The normalized spacial score (nSPS) is 27.3. The molecule has 0 radical (unpaired) electrons. The summed E-state index contributed by atoms with van der Waals surface area (Å²) in [7, 11) is 0. The molecular weight excluding hydrogens is 258 g/mol. The van der Waals surface area contributed by atoms with Gasteiger partial charge in [0, 0.05) is 44.9 Å². The van der Waals surface area contributed by atoms with E-state index in [1.54, 1.807) is 0 Å². The molecule has 0 aromatic rings. The summed E-state index contributed by atoms with van der Waals surface area (Å²) < 4.78 is 0. The molecule has 2 rings (SSSR count). The molecular formula is C14H23N3O3. The van der Waals surface area contributed by atoms with Crippen molar-refractivity contribution >= 4 is 17.7 Å². The van der Waals surface area contributed by atoms with Crippen molar-refractivity contribution in [2.24, 2.45) is 11.7 Å². The Morgan fingerprint density at radius 3 is 2.55 bits per heavy atom. The number of carbonyl (C=O) groups is 3. The number of hydrogen-bond acceptors (Lipinski definition) is 4. The van der Waals surface area contributed by atoms with E-state index in [0.717, 1.165) is 19.4 Å². The van der Waals surface area contributed by atoms with Gasteiger partial charge < -0.3 is 10.6 Å². The Morgan fingerprint density at radius 2 is 1.95 bits per heavy atom. The lowest BCUT2D eigenvalue weighted by Crippen LogP contribution is -2.50. The summed E-state index contributed by atoms with van der Waals surface area (Å²) in [4.78, 5) is 38.3. The fraction of sp³-hybridized carbons (Fsp3) is 0.786. The zero-order chi connectivity index (χ0) is 14.7. The first kappa shape index (κ1) is 15.0. The average Bonchev–Trinajstić information content (AvgIpc) is 2.75. The van der Waals surface area contributed by atoms with Crippen molar-refractivity contribution in [2.75, 3.05) is 19.6 Å². The highest BCUT2D eigenvalue weighted by atomic mass is 16.2. The molecule has 2 aliphatic heterocycles. The standard InChI is InChI=1S/C14H23N3O3/c1-10-4-6-16(11(8-10)9-15)14(20)5-7-17-12(18)2-3-13(17)19/h10-11H,2-9,15H2,1H3. The van der Waals surface area contributed by atoms with Crippen LogP contribution in [0.3, 0.4) is 0 Å². The second-order valence-electron chi connectivity index (χ2n) is 5.80. The van der Waals surface area contributed by atoms with Gasteiger partial charge in [-0.1, -0.05) is 6.92 Å². The largest absolute Gasteiger partial charge is 0.338 e. The van der Waals surface area contributed by atoms with E-state index in [4.69, 9.17) is 5.73 Å². The highest BCUT2D eigenvalue weighted by Crippen LogP contribution is 2.22. The van der Waals surface area contributed by atoms with Gasteiger partial charge in [0.1, 0.15) is 0 Å². The zero-order valence-electron chi connectivity index (χ0n) is 12.0. The molecule has 0 bridgehead atoms. The quantitative estimate of drug-likeness (QED) is 0.741. The Morgan fingerprint density at radius 1 is 1.30 bits per heavy atom. The molecule has 2 heterocycles. The van der Waals surface area contributed by atoms with E-state index in [-0.39, 0.29) is 49.6 Å². The maximum atomic E-state index is 12.3. The number of rotatable bonds is 4. The van der Waals surface area contributed by atoms with Crippen molar-refractivity contribution in [1.82, 2.24) is 9.80 Å². The molecule has 0 saturated carbocycles. The van der Waals surface area contributed by atoms with Crippen LogP contribution in [0.15, 0.2) is 0 Å². The van der Waals surface area contributed by atoms with Crippen molar-refractivity contribution < 1.29 is 14.4 Å². The van der Waals surface area contributed by atoms with Gasteiger partial charge in [0.05, 0.1) is 0 Å². The fourth-order valence-electron chi connectivity index (χ4n) is 3.03. The molecule has 6 heteroatoms. The minimum absolute atomic E-state index is 0.000139. The third kappa shape index (κ3) is 3.17. The van der Waals surface area contributed by atoms with E-state index < -0.39 is 0 Å². The Balaban J connectivity index is 1.88. The fourth-order valence-corrected chi connectivity index (χ4v) is 3.03. The van der Waals surface area contributed by atoms with Gasteiger partial charge in [-0.3, -0.25) is 19.3 Å². The van der Waals surface area contributed by atoms with Crippen LogP contribution in [0.2, 0.25) is 0 Å². The van der Waals surface area contributed by atoms with Gasteiger partial charge in [-0.05, 0) is 18.8 Å². The minimum atomic E-state index is -0.162. The summed E-state index contributed by atoms with van der Waals surface area (Å²) in [5.41, 5.74) is 5.74. The van der Waals surface area contributed by atoms with Crippen molar-refractivity contribution in [3.63, 3.8) is 0 Å². The first-order valence-corrected chi connectivity index (χ1v) is 7.35. The first-order chi connectivity index (χ1) is 9.52. The predicted molar refractivity (Wildman–Crippen MR) is 73.5 cm³/mol. The second kappa shape index (κ2) is 6.35. The van der Waals surface area contributed by atoms with E-state index in [1.807, 2.05) is 4.90 Å². The highest BCUT2D eigenvalue weighted by molar-refractivity contribution is 6.02. The van der Waals surface area contributed by atoms with Crippen LogP contribution in [-0.4, -0.2) is 53.2 Å². The van der Waals surface area contributed by atoms with E-state index in [1.165, 1.54) is 4.90 Å². The summed E-state index contributed by atoms with van der Waals surface area (Å²) in [6.07, 6.45) is 2.69. The van der Waals surface area contributed by atoms with E-state index in [9.17, 15) is 14.4 Å². The Labute approximate surface area is 119 Å². The van der Waals surface area contributed by atoms with Gasteiger partial charge in [-0.25, -0.2) is 0 Å². The van der Waals surface area contributed by atoms with Crippen LogP contribution in [0.25, 0.3) is 0 Å². The topological polar surface area (TPSA) is 83.7 Å². The number of hydrogen-bond donors (Lipinski definition) is 1. The van der Waals surface area contributed by atoms with Crippen LogP contribution in [-0.2, 0) is 14.4 Å². The van der Waals surface area contributed by atoms with Crippen molar-refractivity contribution in [3.05, 3.63) is 0 Å². The smallest absolute Gasteiger partial charge is 0.229 e. The van der Waals surface area contributed by atoms with Crippen LogP contribution < -0.4 is 5.73 Å². The number of carbonyl (C=O) groups excluding carboxylic acids is 3. The number of piperidine rings is 1. The first-order valence-electron chi connectivity index (χ1n) is 7.35. The van der Waals surface area contributed by atoms with Crippen molar-refractivity contribution in [3.8, 4) is 0 Å². The summed E-state index contributed by atoms with van der Waals surface area (Å²) in [6.45, 7) is 3.58. The maximum Gasteiger partial charge on any atom is 0.229 e. The zero-order valence-corrected chi connectivity index (χ0v) is 12.0. The molecule has 2 fully saturated rings. The summed E-state index contributed by atoms with van der Waals surface area (Å²) in [6, 6.07) is 0.0937. The number of likely N-dealkylation sites (tertiary alicyclic amines) is 2. The average molecular weight is 281 g/mol. The van der Waals surface area contributed by atoms with E-state index in [0.29, 0.717) is 12.5 Å². The monoisotopic (exact) mass is 281 g/mol. The van der Waals surface area contributed by atoms with Gasteiger partial charge >= 0.3 is 0 Å². The highest BCUT2D eigenvalue weighted by Gasteiger charge is 2.32. The molecule has 2 unspecified atom stereocenters. The molecule has 3 amide bonds. The third-order valence-corrected chi connectivity index (χ3v) is 4.27. The van der Waals surface area contributed by atoms with Crippen LogP contribution in [0.5, 0.6) is 0 Å². The maximum absolute atomic E-state index is 12.3. The van der Waals surface area contributed by atoms with Crippen LogP contribution in [0.1, 0.15) is 39.0 Å². The van der Waals surface area contributed by atoms with E-state index >= 15 is 0 Å². The SMILES string of the molecule is CC1CCN(C(=O)CCN2C(=O)CCC2=O)C(CN)C1. The Hall–Kier alpha value is -1.43. The molecule has 2 aliphatic rings. The van der Waals surface area contributed by atoms with Crippen LogP contribution in [0.4, 0.5) is 0 Å². The lowest BCUT2D eigenvalue weighted by Gasteiger charge is -2.38. The van der Waals surface area contributed by atoms with Crippen LogP contribution >= 0.6 is 0 Å². The van der Waals surface area contributed by atoms with Gasteiger partial charge in [0.2, 0.25) is 17.7 Å². The number of imide groups is 1. The molecule has 2 saturated heterocycles. The van der Waals surface area contributed by atoms with Crippen molar-refractivity contribution in [1.29, 1.82) is 0 Å². The van der Waals surface area contributed by atoms with Crippen molar-refractivity contribution in [2.45, 2.75) is 45.1 Å². The minimum Gasteiger partial charge on any atom is -0.338 e. The number of nitrogens with two attached hydrogens (primary N) is 1. The summed E-state index contributed by atoms with van der Waals surface area (Å²) in [5, 5.41) is 0.